The minimum atomic E-state index is -0.766. The van der Waals surface area contributed by atoms with E-state index in [1.807, 2.05) is 35.8 Å². The van der Waals surface area contributed by atoms with Crippen molar-refractivity contribution in [2.75, 3.05) is 0 Å². The monoisotopic (exact) mass is 430 g/mol. The minimum absolute atomic E-state index is 0.215. The van der Waals surface area contributed by atoms with E-state index < -0.39 is 23.7 Å². The lowest BCUT2D eigenvalue weighted by atomic mass is 10.3. The van der Waals surface area contributed by atoms with Crippen molar-refractivity contribution in [2.45, 2.75) is 13.5 Å². The van der Waals surface area contributed by atoms with Crippen LogP contribution >= 0.6 is 15.9 Å². The molecule has 2 N–H and O–H groups in total. The minimum Gasteiger partial charge on any atom is -0.368 e. The lowest BCUT2D eigenvalue weighted by molar-refractivity contribution is -0.118. The maximum atomic E-state index is 12.9. The number of hydrogen-bond acceptors (Lipinski definition) is 4. The zero-order valence-electron chi connectivity index (χ0n) is 14.5. The Labute approximate surface area is 160 Å². The Morgan fingerprint density at radius 1 is 1.22 bits per heavy atom. The summed E-state index contributed by atoms with van der Waals surface area (Å²) in [4.78, 5) is 41.1. The van der Waals surface area contributed by atoms with Crippen LogP contribution in [0.4, 0.5) is 0 Å². The van der Waals surface area contributed by atoms with Crippen molar-refractivity contribution in [3.63, 3.8) is 0 Å². The third-order valence-corrected chi connectivity index (χ3v) is 4.95. The Morgan fingerprint density at radius 3 is 2.52 bits per heavy atom. The topological polar surface area (TPSA) is 109 Å². The molecule has 0 atom stereocenters. The Morgan fingerprint density at radius 2 is 1.89 bits per heavy atom. The number of halogens is 1. The highest BCUT2D eigenvalue weighted by Crippen LogP contribution is 2.22. The van der Waals surface area contributed by atoms with Crippen LogP contribution in [0.3, 0.4) is 0 Å². The maximum absolute atomic E-state index is 12.9. The summed E-state index contributed by atoms with van der Waals surface area (Å²) in [5, 5.41) is 0. The number of nitrogens with zero attached hydrogens (tertiary/aromatic N) is 5. The van der Waals surface area contributed by atoms with Gasteiger partial charge in [-0.2, -0.15) is 4.98 Å². The molecule has 1 aromatic carbocycles. The molecule has 27 heavy (non-hydrogen) atoms. The van der Waals surface area contributed by atoms with Crippen LogP contribution in [0.15, 0.2) is 44.5 Å². The highest BCUT2D eigenvalue weighted by molar-refractivity contribution is 9.10. The zero-order chi connectivity index (χ0) is 19.5. The molecule has 138 valence electrons. The van der Waals surface area contributed by atoms with Gasteiger partial charge in [-0.3, -0.25) is 23.1 Å². The predicted octanol–water partition coefficient (Wildman–Crippen LogP) is 0.695. The van der Waals surface area contributed by atoms with E-state index in [9.17, 15) is 14.4 Å². The molecule has 0 radical (unpaired) electrons. The highest BCUT2D eigenvalue weighted by Gasteiger charge is 2.21. The fourth-order valence-electron chi connectivity index (χ4n) is 3.22. The summed E-state index contributed by atoms with van der Waals surface area (Å²) < 4.78 is 6.53. The average molecular weight is 431 g/mol. The molecule has 0 saturated carbocycles. The molecule has 4 aromatic rings. The summed E-state index contributed by atoms with van der Waals surface area (Å²) >= 11 is 3.41. The van der Waals surface area contributed by atoms with Gasteiger partial charge in [-0.25, -0.2) is 9.36 Å². The first-order valence-electron chi connectivity index (χ1n) is 8.03. The van der Waals surface area contributed by atoms with Gasteiger partial charge >= 0.3 is 5.69 Å². The molecule has 0 aliphatic heterocycles. The molecule has 10 heteroatoms. The van der Waals surface area contributed by atoms with E-state index in [0.29, 0.717) is 5.78 Å². The molecule has 0 aliphatic rings. The number of hydrogen-bond donors (Lipinski definition) is 1. The molecule has 1 amide bonds. The van der Waals surface area contributed by atoms with Crippen LogP contribution in [0.2, 0.25) is 0 Å². The largest absolute Gasteiger partial charge is 0.368 e. The van der Waals surface area contributed by atoms with Crippen LogP contribution in [0.25, 0.3) is 22.6 Å². The van der Waals surface area contributed by atoms with Gasteiger partial charge in [-0.15, -0.1) is 0 Å². The molecular weight excluding hydrogens is 416 g/mol. The fraction of sp³-hybridized carbons (Fsp3) is 0.176. The van der Waals surface area contributed by atoms with E-state index in [1.165, 1.54) is 11.6 Å². The van der Waals surface area contributed by atoms with Gasteiger partial charge in [0.25, 0.3) is 5.56 Å². The van der Waals surface area contributed by atoms with Gasteiger partial charge < -0.3 is 5.73 Å². The Bertz CT molecular complexity index is 1340. The number of carbonyl (C=O) groups is 1. The number of aryl methyl sites for hydroxylation is 2. The lowest BCUT2D eigenvalue weighted by Crippen LogP contribution is -2.42. The van der Waals surface area contributed by atoms with Gasteiger partial charge in [0.15, 0.2) is 11.2 Å². The van der Waals surface area contributed by atoms with Gasteiger partial charge in [0.1, 0.15) is 6.54 Å². The van der Waals surface area contributed by atoms with E-state index >= 15 is 0 Å². The SMILES string of the molecule is Cc1cn2c3c(=O)n(CC(N)=O)c(=O)n(C)c3nc2n1-c1ccc(Br)cc1. The normalized spacial score (nSPS) is 11.5. The van der Waals surface area contributed by atoms with Crippen LogP contribution in [0, 0.1) is 6.92 Å². The second kappa shape index (κ2) is 5.95. The number of imidazole rings is 2. The lowest BCUT2D eigenvalue weighted by Gasteiger charge is -2.06. The van der Waals surface area contributed by atoms with Crippen LogP contribution in [0.1, 0.15) is 5.69 Å². The van der Waals surface area contributed by atoms with Gasteiger partial charge in [0.2, 0.25) is 11.7 Å². The second-order valence-electron chi connectivity index (χ2n) is 6.24. The molecule has 9 nitrogen and oxygen atoms in total. The van der Waals surface area contributed by atoms with Crippen LogP contribution in [-0.2, 0) is 18.4 Å². The molecule has 3 aromatic heterocycles. The first-order valence-corrected chi connectivity index (χ1v) is 8.83. The predicted molar refractivity (Wildman–Crippen MR) is 103 cm³/mol. The second-order valence-corrected chi connectivity index (χ2v) is 7.15. The van der Waals surface area contributed by atoms with E-state index in [1.54, 1.807) is 10.6 Å². The number of fused-ring (bicyclic) bond motifs is 3. The maximum Gasteiger partial charge on any atom is 0.332 e. The molecule has 0 unspecified atom stereocenters. The third-order valence-electron chi connectivity index (χ3n) is 4.42. The summed E-state index contributed by atoms with van der Waals surface area (Å²) in [6, 6.07) is 7.65. The summed E-state index contributed by atoms with van der Waals surface area (Å²) in [7, 11) is 1.50. The summed E-state index contributed by atoms with van der Waals surface area (Å²) in [6.07, 6.45) is 1.77. The molecule has 3 heterocycles. The summed E-state index contributed by atoms with van der Waals surface area (Å²) in [5.74, 6) is -0.272. The number of amides is 1. The van der Waals surface area contributed by atoms with E-state index in [0.717, 1.165) is 20.4 Å². The first-order chi connectivity index (χ1) is 12.8. The number of rotatable bonds is 3. The van der Waals surface area contributed by atoms with Crippen molar-refractivity contribution >= 4 is 38.8 Å². The van der Waals surface area contributed by atoms with Crippen molar-refractivity contribution in [2.24, 2.45) is 12.8 Å². The smallest absolute Gasteiger partial charge is 0.332 e. The molecule has 0 aliphatic carbocycles. The zero-order valence-corrected chi connectivity index (χ0v) is 16.1. The molecule has 0 bridgehead atoms. The molecular formula is C17H15BrN6O3. The van der Waals surface area contributed by atoms with E-state index in [-0.39, 0.29) is 11.2 Å². The summed E-state index contributed by atoms with van der Waals surface area (Å²) in [6.45, 7) is 1.41. The molecule has 0 fully saturated rings. The fourth-order valence-corrected chi connectivity index (χ4v) is 3.48. The molecule has 0 saturated heterocycles. The van der Waals surface area contributed by atoms with Crippen molar-refractivity contribution in [3.8, 4) is 5.69 Å². The van der Waals surface area contributed by atoms with Crippen LogP contribution < -0.4 is 17.0 Å². The van der Waals surface area contributed by atoms with Gasteiger partial charge in [-0.1, -0.05) is 15.9 Å². The van der Waals surface area contributed by atoms with Crippen molar-refractivity contribution in [1.29, 1.82) is 0 Å². The first kappa shape index (κ1) is 17.3. The number of aromatic nitrogens is 5. The van der Waals surface area contributed by atoms with Crippen molar-refractivity contribution in [3.05, 3.63) is 61.5 Å². The third kappa shape index (κ3) is 2.52. The standard InChI is InChI=1S/C17H15BrN6O3/c1-9-7-22-13-14(21(2)17(27)23(15(13)26)8-12(19)25)20-16(22)24(9)11-5-3-10(18)4-6-11/h3-7H,8H2,1-2H3,(H2,19,25). The Balaban J connectivity index is 2.12. The van der Waals surface area contributed by atoms with Crippen molar-refractivity contribution in [1.82, 2.24) is 23.1 Å². The number of benzene rings is 1. The summed E-state index contributed by atoms with van der Waals surface area (Å²) in [5.41, 5.74) is 6.12. The Kier molecular flexibility index (Phi) is 3.81. The van der Waals surface area contributed by atoms with Gasteiger partial charge in [0, 0.05) is 29.1 Å². The molecule has 4 rings (SSSR count). The Hall–Kier alpha value is -3.14. The van der Waals surface area contributed by atoms with Crippen LogP contribution in [-0.4, -0.2) is 29.0 Å². The number of carbonyl (C=O) groups excluding carboxylic acids is 1. The van der Waals surface area contributed by atoms with E-state index in [4.69, 9.17) is 5.73 Å². The van der Waals surface area contributed by atoms with Gasteiger partial charge in [-0.05, 0) is 31.2 Å². The highest BCUT2D eigenvalue weighted by atomic mass is 79.9. The molecule has 0 spiro atoms. The average Bonchev–Trinajstić information content (AvgIpc) is 3.12. The number of nitrogens with two attached hydrogens (primary N) is 1. The van der Waals surface area contributed by atoms with Gasteiger partial charge in [0.05, 0.1) is 0 Å². The van der Waals surface area contributed by atoms with Crippen molar-refractivity contribution < 1.29 is 4.79 Å². The quantitative estimate of drug-likeness (QED) is 0.515. The van der Waals surface area contributed by atoms with Crippen LogP contribution in [0.5, 0.6) is 0 Å². The number of primary amides is 1. The van der Waals surface area contributed by atoms with E-state index in [2.05, 4.69) is 20.9 Å².